The lowest BCUT2D eigenvalue weighted by atomic mass is 9.93. The Balaban J connectivity index is 1.68. The Labute approximate surface area is 88.1 Å². The first-order valence-corrected chi connectivity index (χ1v) is 6.29. The molecule has 0 spiro atoms. The van der Waals surface area contributed by atoms with Gasteiger partial charge in [-0.05, 0) is 45.8 Å². The van der Waals surface area contributed by atoms with Gasteiger partial charge in [0.2, 0.25) is 0 Å². The highest BCUT2D eigenvalue weighted by Gasteiger charge is 2.20. The number of nitrogens with one attached hydrogen (secondary N) is 1. The zero-order valence-electron chi connectivity index (χ0n) is 9.47. The summed E-state index contributed by atoms with van der Waals surface area (Å²) in [6, 6.07) is 1.66. The maximum absolute atomic E-state index is 3.85. The highest BCUT2D eigenvalue weighted by Crippen LogP contribution is 2.19. The van der Waals surface area contributed by atoms with E-state index in [1.807, 2.05) is 0 Å². The van der Waals surface area contributed by atoms with E-state index in [0.29, 0.717) is 0 Å². The van der Waals surface area contributed by atoms with Gasteiger partial charge in [0.25, 0.3) is 0 Å². The van der Waals surface area contributed by atoms with Crippen LogP contribution in [0.2, 0.25) is 0 Å². The predicted octanol–water partition coefficient (Wildman–Crippen LogP) is 2.00. The molecule has 14 heavy (non-hydrogen) atoms. The normalized spacial score (nSPS) is 28.1. The topological polar surface area (TPSA) is 15.3 Å². The monoisotopic (exact) mass is 196 g/mol. The van der Waals surface area contributed by atoms with Gasteiger partial charge in [-0.2, -0.15) is 0 Å². The van der Waals surface area contributed by atoms with E-state index in [4.69, 9.17) is 0 Å². The summed E-state index contributed by atoms with van der Waals surface area (Å²) in [5, 5.41) is 3.85. The molecule has 2 aliphatic rings. The van der Waals surface area contributed by atoms with E-state index in [-0.39, 0.29) is 0 Å². The van der Waals surface area contributed by atoms with Crippen molar-refractivity contribution in [2.24, 2.45) is 0 Å². The van der Waals surface area contributed by atoms with E-state index >= 15 is 0 Å². The standard InChI is InChI=1S/C12H24N2/c1-14-9-7-12(8-10-14)13-11-5-3-2-4-6-11/h11-13H,2-10H2,1H3. The van der Waals surface area contributed by atoms with Crippen LogP contribution in [0.1, 0.15) is 44.9 Å². The molecule has 0 atom stereocenters. The van der Waals surface area contributed by atoms with Crippen LogP contribution in [0.3, 0.4) is 0 Å². The molecule has 1 saturated heterocycles. The van der Waals surface area contributed by atoms with Gasteiger partial charge < -0.3 is 10.2 Å². The van der Waals surface area contributed by atoms with Crippen LogP contribution in [0.5, 0.6) is 0 Å². The number of hydrogen-bond donors (Lipinski definition) is 1. The van der Waals surface area contributed by atoms with Gasteiger partial charge in [-0.15, -0.1) is 0 Å². The van der Waals surface area contributed by atoms with Crippen molar-refractivity contribution in [2.45, 2.75) is 57.0 Å². The van der Waals surface area contributed by atoms with E-state index in [1.165, 1.54) is 58.0 Å². The minimum Gasteiger partial charge on any atom is -0.311 e. The van der Waals surface area contributed by atoms with Crippen LogP contribution < -0.4 is 5.32 Å². The first-order chi connectivity index (χ1) is 6.84. The molecule has 82 valence electrons. The lowest BCUT2D eigenvalue weighted by Crippen LogP contribution is -2.45. The number of hydrogen-bond acceptors (Lipinski definition) is 2. The van der Waals surface area contributed by atoms with E-state index in [9.17, 15) is 0 Å². The van der Waals surface area contributed by atoms with Crippen LogP contribution in [0, 0.1) is 0 Å². The Morgan fingerprint density at radius 1 is 0.857 bits per heavy atom. The molecule has 2 rings (SSSR count). The van der Waals surface area contributed by atoms with Gasteiger partial charge in [-0.1, -0.05) is 19.3 Å². The summed E-state index contributed by atoms with van der Waals surface area (Å²) < 4.78 is 0. The third kappa shape index (κ3) is 2.96. The first-order valence-electron chi connectivity index (χ1n) is 6.29. The number of likely N-dealkylation sites (tertiary alicyclic amines) is 1. The van der Waals surface area contributed by atoms with E-state index in [1.54, 1.807) is 0 Å². The second kappa shape index (κ2) is 5.13. The van der Waals surface area contributed by atoms with E-state index < -0.39 is 0 Å². The lowest BCUT2D eigenvalue weighted by Gasteiger charge is -2.34. The number of nitrogens with zero attached hydrogens (tertiary/aromatic N) is 1. The van der Waals surface area contributed by atoms with Crippen molar-refractivity contribution >= 4 is 0 Å². The summed E-state index contributed by atoms with van der Waals surface area (Å²) in [5.74, 6) is 0. The summed E-state index contributed by atoms with van der Waals surface area (Å²) >= 11 is 0. The van der Waals surface area contributed by atoms with Crippen molar-refractivity contribution in [3.8, 4) is 0 Å². The summed E-state index contributed by atoms with van der Waals surface area (Å²) in [6.07, 6.45) is 9.92. The zero-order valence-corrected chi connectivity index (χ0v) is 9.47. The molecule has 0 amide bonds. The van der Waals surface area contributed by atoms with E-state index in [0.717, 1.165) is 12.1 Å². The highest BCUT2D eigenvalue weighted by molar-refractivity contribution is 4.81. The van der Waals surface area contributed by atoms with Crippen molar-refractivity contribution in [1.29, 1.82) is 0 Å². The second-order valence-electron chi connectivity index (χ2n) is 5.08. The van der Waals surface area contributed by atoms with Gasteiger partial charge in [-0.25, -0.2) is 0 Å². The molecule has 1 heterocycles. The molecule has 0 aromatic rings. The molecule has 0 unspecified atom stereocenters. The van der Waals surface area contributed by atoms with Crippen LogP contribution in [0.25, 0.3) is 0 Å². The Hall–Kier alpha value is -0.0800. The van der Waals surface area contributed by atoms with E-state index in [2.05, 4.69) is 17.3 Å². The molecule has 1 N–H and O–H groups in total. The lowest BCUT2D eigenvalue weighted by molar-refractivity contribution is 0.213. The average Bonchev–Trinajstić information content (AvgIpc) is 2.23. The second-order valence-corrected chi connectivity index (χ2v) is 5.08. The maximum Gasteiger partial charge on any atom is 0.00939 e. The smallest absolute Gasteiger partial charge is 0.00939 e. The van der Waals surface area contributed by atoms with Gasteiger partial charge in [0, 0.05) is 12.1 Å². The third-order valence-electron chi connectivity index (χ3n) is 3.80. The summed E-state index contributed by atoms with van der Waals surface area (Å²) in [4.78, 5) is 2.44. The van der Waals surface area contributed by atoms with Crippen molar-refractivity contribution in [2.75, 3.05) is 20.1 Å². The summed E-state index contributed by atoms with van der Waals surface area (Å²) in [7, 11) is 2.23. The largest absolute Gasteiger partial charge is 0.311 e. The quantitative estimate of drug-likeness (QED) is 0.727. The highest BCUT2D eigenvalue weighted by atomic mass is 15.1. The first kappa shape index (κ1) is 10.4. The van der Waals surface area contributed by atoms with Crippen LogP contribution in [-0.4, -0.2) is 37.1 Å². The maximum atomic E-state index is 3.85. The molecule has 0 aromatic carbocycles. The van der Waals surface area contributed by atoms with Crippen molar-refractivity contribution in [3.63, 3.8) is 0 Å². The van der Waals surface area contributed by atoms with Crippen LogP contribution in [-0.2, 0) is 0 Å². The van der Waals surface area contributed by atoms with Gasteiger partial charge >= 0.3 is 0 Å². The Morgan fingerprint density at radius 2 is 1.43 bits per heavy atom. The fraction of sp³-hybridized carbons (Fsp3) is 1.00. The van der Waals surface area contributed by atoms with Crippen LogP contribution >= 0.6 is 0 Å². The van der Waals surface area contributed by atoms with Crippen LogP contribution in [0.15, 0.2) is 0 Å². The molecule has 2 fully saturated rings. The fourth-order valence-electron chi connectivity index (χ4n) is 2.78. The Bertz CT molecular complexity index is 156. The Morgan fingerprint density at radius 3 is 2.07 bits per heavy atom. The molecule has 2 nitrogen and oxygen atoms in total. The Kier molecular flexibility index (Phi) is 3.82. The molecule has 0 radical (unpaired) electrons. The zero-order chi connectivity index (χ0) is 9.80. The molecule has 0 aromatic heterocycles. The van der Waals surface area contributed by atoms with Gasteiger partial charge in [0.05, 0.1) is 0 Å². The molecular formula is C12H24N2. The molecular weight excluding hydrogens is 172 g/mol. The molecule has 0 bridgehead atoms. The predicted molar refractivity (Wildman–Crippen MR) is 60.5 cm³/mol. The number of rotatable bonds is 2. The SMILES string of the molecule is CN1CCC(NC2CCCCC2)CC1. The number of piperidine rings is 1. The molecule has 1 aliphatic heterocycles. The third-order valence-corrected chi connectivity index (χ3v) is 3.80. The van der Waals surface area contributed by atoms with Gasteiger partial charge in [0.1, 0.15) is 0 Å². The van der Waals surface area contributed by atoms with Crippen molar-refractivity contribution < 1.29 is 0 Å². The minimum atomic E-state index is 0.814. The molecule has 1 saturated carbocycles. The van der Waals surface area contributed by atoms with Crippen molar-refractivity contribution in [1.82, 2.24) is 10.2 Å². The summed E-state index contributed by atoms with van der Waals surface area (Å²) in [5.41, 5.74) is 0. The van der Waals surface area contributed by atoms with Gasteiger partial charge in [-0.3, -0.25) is 0 Å². The van der Waals surface area contributed by atoms with Crippen molar-refractivity contribution in [3.05, 3.63) is 0 Å². The molecule has 2 heteroatoms. The molecule has 1 aliphatic carbocycles. The minimum absolute atomic E-state index is 0.814. The van der Waals surface area contributed by atoms with Crippen LogP contribution in [0.4, 0.5) is 0 Å². The summed E-state index contributed by atoms with van der Waals surface area (Å²) in [6.45, 7) is 2.56. The van der Waals surface area contributed by atoms with Gasteiger partial charge in [0.15, 0.2) is 0 Å². The fourth-order valence-corrected chi connectivity index (χ4v) is 2.78. The average molecular weight is 196 g/mol.